The van der Waals surface area contributed by atoms with Gasteiger partial charge in [0, 0.05) is 11.3 Å². The summed E-state index contributed by atoms with van der Waals surface area (Å²) in [5, 5.41) is 2.90. The Kier molecular flexibility index (Phi) is 5.49. The molecule has 0 bridgehead atoms. The SMILES string of the molecule is C=C(C)COc1ccc(NC(=O)c2ccc(-c3ccccc3)cc2)cc1. The molecule has 3 aromatic carbocycles. The summed E-state index contributed by atoms with van der Waals surface area (Å²) in [6, 6.07) is 25.0. The summed E-state index contributed by atoms with van der Waals surface area (Å²) >= 11 is 0. The van der Waals surface area contributed by atoms with Crippen molar-refractivity contribution in [1.82, 2.24) is 0 Å². The zero-order valence-electron chi connectivity index (χ0n) is 14.7. The summed E-state index contributed by atoms with van der Waals surface area (Å²) in [4.78, 5) is 12.4. The maximum absolute atomic E-state index is 12.4. The predicted octanol–water partition coefficient (Wildman–Crippen LogP) is 5.56. The summed E-state index contributed by atoms with van der Waals surface area (Å²) in [6.07, 6.45) is 0. The van der Waals surface area contributed by atoms with Crippen LogP contribution >= 0.6 is 0 Å². The van der Waals surface area contributed by atoms with Gasteiger partial charge in [0.2, 0.25) is 0 Å². The highest BCUT2D eigenvalue weighted by molar-refractivity contribution is 6.04. The number of rotatable bonds is 6. The van der Waals surface area contributed by atoms with Gasteiger partial charge < -0.3 is 10.1 Å². The van der Waals surface area contributed by atoms with Crippen molar-refractivity contribution >= 4 is 11.6 Å². The topological polar surface area (TPSA) is 38.3 Å². The first-order valence-electron chi connectivity index (χ1n) is 8.46. The van der Waals surface area contributed by atoms with E-state index < -0.39 is 0 Å². The first-order valence-corrected chi connectivity index (χ1v) is 8.46. The highest BCUT2D eigenvalue weighted by Crippen LogP contribution is 2.20. The summed E-state index contributed by atoms with van der Waals surface area (Å²) < 4.78 is 5.55. The molecule has 0 heterocycles. The molecule has 3 heteroatoms. The van der Waals surface area contributed by atoms with Gasteiger partial charge in [0.25, 0.3) is 5.91 Å². The molecule has 3 rings (SSSR count). The number of hydrogen-bond donors (Lipinski definition) is 1. The molecule has 0 atom stereocenters. The Labute approximate surface area is 154 Å². The van der Waals surface area contributed by atoms with E-state index in [1.165, 1.54) is 0 Å². The van der Waals surface area contributed by atoms with Crippen molar-refractivity contribution in [2.45, 2.75) is 6.92 Å². The zero-order valence-corrected chi connectivity index (χ0v) is 14.7. The highest BCUT2D eigenvalue weighted by atomic mass is 16.5. The van der Waals surface area contributed by atoms with E-state index in [4.69, 9.17) is 4.74 Å². The molecule has 0 spiro atoms. The molecular weight excluding hydrogens is 322 g/mol. The number of anilines is 1. The molecule has 0 aliphatic heterocycles. The van der Waals surface area contributed by atoms with E-state index in [0.717, 1.165) is 28.1 Å². The molecule has 1 amide bonds. The molecule has 3 nitrogen and oxygen atoms in total. The van der Waals surface area contributed by atoms with Crippen LogP contribution in [0.1, 0.15) is 17.3 Å². The van der Waals surface area contributed by atoms with Crippen molar-refractivity contribution < 1.29 is 9.53 Å². The van der Waals surface area contributed by atoms with Crippen LogP contribution in [-0.4, -0.2) is 12.5 Å². The van der Waals surface area contributed by atoms with Crippen LogP contribution in [0.2, 0.25) is 0 Å². The second-order valence-corrected chi connectivity index (χ2v) is 6.17. The molecule has 0 radical (unpaired) electrons. The third-order valence-electron chi connectivity index (χ3n) is 3.85. The van der Waals surface area contributed by atoms with E-state index in [-0.39, 0.29) is 5.91 Å². The first kappa shape index (κ1) is 17.5. The average molecular weight is 343 g/mol. The molecule has 0 saturated heterocycles. The fraction of sp³-hybridized carbons (Fsp3) is 0.0870. The van der Waals surface area contributed by atoms with Gasteiger partial charge in [0.05, 0.1) is 0 Å². The molecule has 0 aliphatic rings. The highest BCUT2D eigenvalue weighted by Gasteiger charge is 2.07. The van der Waals surface area contributed by atoms with E-state index in [0.29, 0.717) is 12.2 Å². The van der Waals surface area contributed by atoms with Crippen molar-refractivity contribution in [3.63, 3.8) is 0 Å². The molecule has 1 N–H and O–H groups in total. The van der Waals surface area contributed by atoms with Gasteiger partial charge in [-0.1, -0.05) is 49.0 Å². The van der Waals surface area contributed by atoms with Crippen molar-refractivity contribution in [1.29, 1.82) is 0 Å². The summed E-state index contributed by atoms with van der Waals surface area (Å²) in [7, 11) is 0. The molecule has 3 aromatic rings. The molecular formula is C23H21NO2. The maximum Gasteiger partial charge on any atom is 0.255 e. The lowest BCUT2D eigenvalue weighted by Crippen LogP contribution is -2.11. The van der Waals surface area contributed by atoms with Gasteiger partial charge in [-0.05, 0) is 60.0 Å². The lowest BCUT2D eigenvalue weighted by atomic mass is 10.0. The fourth-order valence-corrected chi connectivity index (χ4v) is 2.49. The number of hydrogen-bond acceptors (Lipinski definition) is 2. The van der Waals surface area contributed by atoms with Gasteiger partial charge >= 0.3 is 0 Å². The van der Waals surface area contributed by atoms with E-state index in [2.05, 4.69) is 11.9 Å². The van der Waals surface area contributed by atoms with E-state index in [9.17, 15) is 4.79 Å². The van der Waals surface area contributed by atoms with Crippen LogP contribution in [0.3, 0.4) is 0 Å². The Morgan fingerprint density at radius 2 is 1.50 bits per heavy atom. The third-order valence-corrected chi connectivity index (χ3v) is 3.85. The monoisotopic (exact) mass is 343 g/mol. The second kappa shape index (κ2) is 8.17. The van der Waals surface area contributed by atoms with Crippen LogP contribution in [0.25, 0.3) is 11.1 Å². The van der Waals surface area contributed by atoms with Crippen LogP contribution in [0.4, 0.5) is 5.69 Å². The van der Waals surface area contributed by atoms with Gasteiger partial charge in [0.1, 0.15) is 12.4 Å². The fourth-order valence-electron chi connectivity index (χ4n) is 2.49. The Balaban J connectivity index is 1.63. The maximum atomic E-state index is 12.4. The molecule has 0 aromatic heterocycles. The largest absolute Gasteiger partial charge is 0.489 e. The minimum absolute atomic E-state index is 0.139. The molecule has 0 aliphatic carbocycles. The van der Waals surface area contributed by atoms with Crippen LogP contribution < -0.4 is 10.1 Å². The van der Waals surface area contributed by atoms with Crippen molar-refractivity contribution in [3.8, 4) is 16.9 Å². The zero-order chi connectivity index (χ0) is 18.4. The molecule has 130 valence electrons. The number of carbonyl (C=O) groups is 1. The Morgan fingerprint density at radius 3 is 2.12 bits per heavy atom. The van der Waals surface area contributed by atoms with Crippen molar-refractivity contribution in [2.75, 3.05) is 11.9 Å². The van der Waals surface area contributed by atoms with Gasteiger partial charge in [-0.3, -0.25) is 4.79 Å². The summed E-state index contributed by atoms with van der Waals surface area (Å²) in [6.45, 7) is 6.20. The van der Waals surface area contributed by atoms with Gasteiger partial charge in [0.15, 0.2) is 0 Å². The first-order chi connectivity index (χ1) is 12.6. The van der Waals surface area contributed by atoms with Gasteiger partial charge in [-0.15, -0.1) is 0 Å². The molecule has 0 fully saturated rings. The van der Waals surface area contributed by atoms with E-state index >= 15 is 0 Å². The third kappa shape index (κ3) is 4.61. The van der Waals surface area contributed by atoms with E-state index in [1.54, 1.807) is 0 Å². The molecule has 26 heavy (non-hydrogen) atoms. The van der Waals surface area contributed by atoms with E-state index in [1.807, 2.05) is 85.8 Å². The summed E-state index contributed by atoms with van der Waals surface area (Å²) in [5.41, 5.74) is 4.52. The Hall–Kier alpha value is -3.33. The van der Waals surface area contributed by atoms with Crippen molar-refractivity contribution in [2.24, 2.45) is 0 Å². The van der Waals surface area contributed by atoms with Gasteiger partial charge in [-0.25, -0.2) is 0 Å². The number of carbonyl (C=O) groups excluding carboxylic acids is 1. The van der Waals surface area contributed by atoms with Crippen molar-refractivity contribution in [3.05, 3.63) is 96.6 Å². The van der Waals surface area contributed by atoms with Crippen LogP contribution in [-0.2, 0) is 0 Å². The predicted molar refractivity (Wildman–Crippen MR) is 107 cm³/mol. The quantitative estimate of drug-likeness (QED) is 0.595. The number of benzene rings is 3. The molecule has 0 saturated carbocycles. The van der Waals surface area contributed by atoms with Crippen LogP contribution in [0.5, 0.6) is 5.75 Å². The van der Waals surface area contributed by atoms with Gasteiger partial charge in [-0.2, -0.15) is 0 Å². The number of nitrogens with one attached hydrogen (secondary N) is 1. The lowest BCUT2D eigenvalue weighted by Gasteiger charge is -2.09. The average Bonchev–Trinajstić information content (AvgIpc) is 2.68. The molecule has 0 unspecified atom stereocenters. The minimum atomic E-state index is -0.139. The van der Waals surface area contributed by atoms with Crippen LogP contribution in [0, 0.1) is 0 Å². The van der Waals surface area contributed by atoms with Crippen LogP contribution in [0.15, 0.2) is 91.0 Å². The lowest BCUT2D eigenvalue weighted by molar-refractivity contribution is 0.102. The number of ether oxygens (including phenoxy) is 1. The Morgan fingerprint density at radius 1 is 0.885 bits per heavy atom. The smallest absolute Gasteiger partial charge is 0.255 e. The number of amides is 1. The second-order valence-electron chi connectivity index (χ2n) is 6.17. The minimum Gasteiger partial charge on any atom is -0.489 e. The summed E-state index contributed by atoms with van der Waals surface area (Å²) in [5.74, 6) is 0.610. The standard InChI is InChI=1S/C23H21NO2/c1-17(2)16-26-22-14-12-21(13-15-22)24-23(25)20-10-8-19(9-11-20)18-6-4-3-5-7-18/h3-15H,1,16H2,2H3,(H,24,25). The Bertz CT molecular complexity index is 882. The normalized spacial score (nSPS) is 10.2.